The third-order valence-electron chi connectivity index (χ3n) is 6.12. The highest BCUT2D eigenvalue weighted by atomic mass is 16.2. The van der Waals surface area contributed by atoms with Crippen LogP contribution in [0.4, 0.5) is 5.69 Å². The van der Waals surface area contributed by atoms with E-state index in [2.05, 4.69) is 30.4 Å². The van der Waals surface area contributed by atoms with E-state index in [-0.39, 0.29) is 5.91 Å². The molecule has 6 rings (SSSR count). The van der Waals surface area contributed by atoms with Gasteiger partial charge in [-0.25, -0.2) is 9.97 Å². The van der Waals surface area contributed by atoms with Gasteiger partial charge in [-0.15, -0.1) is 0 Å². The summed E-state index contributed by atoms with van der Waals surface area (Å²) in [6, 6.07) is 9.98. The average Bonchev–Trinajstić information content (AvgIpc) is 3.52. The Balaban J connectivity index is 1.47. The molecular weight excluding hydrogens is 392 g/mol. The Bertz CT molecular complexity index is 1470. The van der Waals surface area contributed by atoms with Gasteiger partial charge in [0.05, 0.1) is 27.7 Å². The van der Waals surface area contributed by atoms with Gasteiger partial charge in [0.25, 0.3) is 0 Å². The van der Waals surface area contributed by atoms with Crippen LogP contribution < -0.4 is 4.90 Å². The molecule has 0 atom stereocenters. The number of imidazole rings is 1. The van der Waals surface area contributed by atoms with Gasteiger partial charge in [-0.2, -0.15) is 10.2 Å². The maximum absolute atomic E-state index is 12.8. The monoisotopic (exact) mass is 412 g/mol. The van der Waals surface area contributed by atoms with Crippen LogP contribution in [0, 0.1) is 0 Å². The summed E-state index contributed by atoms with van der Waals surface area (Å²) in [7, 11) is 0. The molecule has 9 heteroatoms. The first-order chi connectivity index (χ1) is 15.0. The lowest BCUT2D eigenvalue weighted by Gasteiger charge is -2.18. The number of anilines is 1. The number of likely N-dealkylation sites (N-methyl/N-ethyl adjacent to an activating group) is 1. The largest absolute Gasteiger partial charge is 0.337 e. The van der Waals surface area contributed by atoms with Gasteiger partial charge in [0, 0.05) is 17.5 Å². The Kier molecular flexibility index (Phi) is 3.45. The first kappa shape index (κ1) is 17.8. The number of aromatic nitrogens is 7. The molecule has 31 heavy (non-hydrogen) atoms. The highest BCUT2D eigenvalue weighted by Gasteiger charge is 2.43. The van der Waals surface area contributed by atoms with Crippen LogP contribution in [0.1, 0.15) is 26.3 Å². The van der Waals surface area contributed by atoms with Crippen molar-refractivity contribution in [1.29, 1.82) is 0 Å². The Morgan fingerprint density at radius 2 is 1.97 bits per heavy atom. The van der Waals surface area contributed by atoms with Crippen LogP contribution in [0.25, 0.3) is 44.8 Å². The standard InChI is InChI=1S/C22H20N8O/c1-4-30-17-9-16-15(8-13(17)22(2,3)21(30)31)25-20(26-16)18-12-6-5-11(7-14(12)27-28-18)19-23-10-24-29-19/h5-10H,4H2,1-3H3,(H,25,26)(H,27,28)(H,23,24,29). The molecule has 0 spiro atoms. The van der Waals surface area contributed by atoms with Crippen molar-refractivity contribution in [2.75, 3.05) is 11.4 Å². The molecule has 154 valence electrons. The van der Waals surface area contributed by atoms with E-state index in [9.17, 15) is 4.79 Å². The van der Waals surface area contributed by atoms with E-state index in [1.165, 1.54) is 0 Å². The normalized spacial score (nSPS) is 15.3. The lowest BCUT2D eigenvalue weighted by atomic mass is 9.86. The van der Waals surface area contributed by atoms with Crippen LogP contribution in [0.3, 0.4) is 0 Å². The van der Waals surface area contributed by atoms with Crippen LogP contribution in [0.2, 0.25) is 0 Å². The molecule has 1 aliphatic heterocycles. The topological polar surface area (TPSA) is 119 Å². The fourth-order valence-corrected chi connectivity index (χ4v) is 4.44. The Labute approximate surface area is 176 Å². The van der Waals surface area contributed by atoms with E-state index in [4.69, 9.17) is 4.98 Å². The number of carbonyl (C=O) groups excluding carboxylic acids is 1. The van der Waals surface area contributed by atoms with Gasteiger partial charge in [0.1, 0.15) is 12.0 Å². The molecule has 0 radical (unpaired) electrons. The molecule has 1 amide bonds. The fourth-order valence-electron chi connectivity index (χ4n) is 4.44. The summed E-state index contributed by atoms with van der Waals surface area (Å²) in [6.07, 6.45) is 1.55. The van der Waals surface area contributed by atoms with Crippen molar-refractivity contribution in [3.8, 4) is 22.9 Å². The zero-order valence-electron chi connectivity index (χ0n) is 17.3. The average molecular weight is 412 g/mol. The number of benzene rings is 2. The van der Waals surface area contributed by atoms with Gasteiger partial charge in [-0.05, 0) is 50.6 Å². The second kappa shape index (κ2) is 6.00. The molecule has 3 N–H and O–H groups in total. The van der Waals surface area contributed by atoms with Crippen molar-refractivity contribution in [2.24, 2.45) is 0 Å². The maximum atomic E-state index is 12.8. The number of hydrogen-bond donors (Lipinski definition) is 3. The van der Waals surface area contributed by atoms with Crippen molar-refractivity contribution < 1.29 is 4.79 Å². The molecule has 3 aromatic heterocycles. The van der Waals surface area contributed by atoms with Crippen molar-refractivity contribution in [2.45, 2.75) is 26.2 Å². The number of hydrogen-bond acceptors (Lipinski definition) is 5. The van der Waals surface area contributed by atoms with E-state index in [1.807, 2.05) is 56.0 Å². The van der Waals surface area contributed by atoms with Gasteiger partial charge in [-0.3, -0.25) is 15.0 Å². The molecular formula is C22H20N8O. The number of carbonyl (C=O) groups is 1. The molecule has 0 saturated carbocycles. The van der Waals surface area contributed by atoms with Crippen LogP contribution in [-0.2, 0) is 10.2 Å². The lowest BCUT2D eigenvalue weighted by Crippen LogP contribution is -2.35. The van der Waals surface area contributed by atoms with Crippen LogP contribution in [0.15, 0.2) is 36.7 Å². The van der Waals surface area contributed by atoms with Gasteiger partial charge < -0.3 is 9.88 Å². The Hall–Kier alpha value is -4.01. The minimum atomic E-state index is -0.561. The highest BCUT2D eigenvalue weighted by molar-refractivity contribution is 6.09. The molecule has 0 bridgehead atoms. The van der Waals surface area contributed by atoms with E-state index in [1.54, 1.807) is 6.33 Å². The van der Waals surface area contributed by atoms with E-state index < -0.39 is 5.41 Å². The molecule has 5 aromatic rings. The SMILES string of the molecule is CCN1C(=O)C(C)(C)c2cc3nc(-c4n[nH]c5cc(-c6nc[nH]n6)ccc45)[nH]c3cc21. The lowest BCUT2D eigenvalue weighted by molar-refractivity contribution is -0.122. The minimum Gasteiger partial charge on any atom is -0.337 e. The summed E-state index contributed by atoms with van der Waals surface area (Å²) < 4.78 is 0. The van der Waals surface area contributed by atoms with Crippen molar-refractivity contribution in [3.05, 3.63) is 42.2 Å². The summed E-state index contributed by atoms with van der Waals surface area (Å²) in [4.78, 5) is 27.0. The number of nitrogens with zero attached hydrogens (tertiary/aromatic N) is 5. The number of amides is 1. The highest BCUT2D eigenvalue weighted by Crippen LogP contribution is 2.43. The molecule has 4 heterocycles. The van der Waals surface area contributed by atoms with Gasteiger partial charge >= 0.3 is 0 Å². The smallest absolute Gasteiger partial charge is 0.237 e. The number of nitrogens with one attached hydrogen (secondary N) is 3. The van der Waals surface area contributed by atoms with E-state index in [0.717, 1.165) is 44.4 Å². The van der Waals surface area contributed by atoms with Crippen LogP contribution in [-0.4, -0.2) is 47.8 Å². The fraction of sp³-hybridized carbons (Fsp3) is 0.227. The summed E-state index contributed by atoms with van der Waals surface area (Å²) in [5, 5.41) is 15.4. The van der Waals surface area contributed by atoms with Crippen molar-refractivity contribution in [3.63, 3.8) is 0 Å². The number of H-pyrrole nitrogens is 3. The maximum Gasteiger partial charge on any atom is 0.237 e. The van der Waals surface area contributed by atoms with Gasteiger partial charge in [-0.1, -0.05) is 6.07 Å². The van der Waals surface area contributed by atoms with E-state index in [0.29, 0.717) is 18.2 Å². The van der Waals surface area contributed by atoms with Crippen molar-refractivity contribution in [1.82, 2.24) is 35.3 Å². The second-order valence-corrected chi connectivity index (χ2v) is 8.30. The second-order valence-electron chi connectivity index (χ2n) is 8.30. The predicted octanol–water partition coefficient (Wildman–Crippen LogP) is 3.54. The number of aromatic amines is 3. The minimum absolute atomic E-state index is 0.123. The first-order valence-corrected chi connectivity index (χ1v) is 10.2. The first-order valence-electron chi connectivity index (χ1n) is 10.2. The molecule has 0 aliphatic carbocycles. The summed E-state index contributed by atoms with van der Waals surface area (Å²) in [5.74, 6) is 1.44. The van der Waals surface area contributed by atoms with Gasteiger partial charge in [0.15, 0.2) is 11.6 Å². The van der Waals surface area contributed by atoms with E-state index >= 15 is 0 Å². The summed E-state index contributed by atoms with van der Waals surface area (Å²) >= 11 is 0. The molecule has 0 fully saturated rings. The van der Waals surface area contributed by atoms with Crippen molar-refractivity contribution >= 4 is 33.5 Å². The number of fused-ring (bicyclic) bond motifs is 3. The summed E-state index contributed by atoms with van der Waals surface area (Å²) in [6.45, 7) is 6.57. The Morgan fingerprint density at radius 1 is 1.10 bits per heavy atom. The molecule has 0 unspecified atom stereocenters. The molecule has 9 nitrogen and oxygen atoms in total. The predicted molar refractivity (Wildman–Crippen MR) is 118 cm³/mol. The van der Waals surface area contributed by atoms with Crippen LogP contribution in [0.5, 0.6) is 0 Å². The Morgan fingerprint density at radius 3 is 2.74 bits per heavy atom. The zero-order valence-corrected chi connectivity index (χ0v) is 17.3. The third-order valence-corrected chi connectivity index (χ3v) is 6.12. The van der Waals surface area contributed by atoms with Crippen LogP contribution >= 0.6 is 0 Å². The number of rotatable bonds is 3. The molecule has 2 aromatic carbocycles. The van der Waals surface area contributed by atoms with Gasteiger partial charge in [0.2, 0.25) is 5.91 Å². The summed E-state index contributed by atoms with van der Waals surface area (Å²) in [5.41, 5.74) is 5.62. The quantitative estimate of drug-likeness (QED) is 0.419. The zero-order chi connectivity index (χ0) is 21.3. The molecule has 0 saturated heterocycles. The third kappa shape index (κ3) is 2.40. The molecule has 1 aliphatic rings.